The van der Waals surface area contributed by atoms with Gasteiger partial charge in [-0.2, -0.15) is 0 Å². The van der Waals surface area contributed by atoms with E-state index in [0.29, 0.717) is 0 Å². The molecule has 1 aliphatic heterocycles. The molecule has 0 unspecified atom stereocenters. The number of hydrogen-bond acceptors (Lipinski definition) is 2. The summed E-state index contributed by atoms with van der Waals surface area (Å²) in [6.45, 7) is 16.1. The van der Waals surface area contributed by atoms with E-state index in [1.165, 1.54) is 100.0 Å². The molecule has 0 atom stereocenters. The molecule has 10 rings (SSSR count). The lowest BCUT2D eigenvalue weighted by Crippen LogP contribution is -2.41. The maximum atomic E-state index is 3.90. The highest BCUT2D eigenvalue weighted by molar-refractivity contribution is 6.73. The molecule has 282 valence electrons. The number of hydrogen-bond donors (Lipinski definition) is 1. The molecule has 3 heteroatoms. The summed E-state index contributed by atoms with van der Waals surface area (Å²) in [7, 11) is 0.830. The zero-order valence-electron chi connectivity index (χ0n) is 34.7. The molecular formula is C55H49BN2. The van der Waals surface area contributed by atoms with Crippen molar-refractivity contribution in [1.29, 1.82) is 0 Å². The fraction of sp³-hybridized carbons (Fsp3) is 0.164. The van der Waals surface area contributed by atoms with Gasteiger partial charge in [0.1, 0.15) is 0 Å². The molecule has 8 aromatic rings. The van der Waals surface area contributed by atoms with E-state index in [2.05, 4.69) is 216 Å². The van der Waals surface area contributed by atoms with Crippen molar-refractivity contribution in [2.45, 2.75) is 59.3 Å². The second kappa shape index (κ2) is 13.4. The van der Waals surface area contributed by atoms with Crippen LogP contribution < -0.4 is 21.1 Å². The standard InChI is InChI=1S/C55H49BN2/c1-34-29-44(52-41-18-12-11-17-37(41)21-27-48(52)57-40-25-23-39(24-26-40)54(3,4)5)53-51(30-34)58(49-28-22-38(31-35(49)2)36-15-9-8-10-16-36)50-33-46-43(32-47(50)56-53)42-19-13-14-20-45(42)55(46,6)7/h8-33,56-57H,1-7H3. The molecule has 2 aliphatic rings. The molecule has 1 aliphatic carbocycles. The maximum absolute atomic E-state index is 3.90. The predicted octanol–water partition coefficient (Wildman–Crippen LogP) is 13.3. The largest absolute Gasteiger partial charge is 0.355 e. The molecular weight excluding hydrogens is 699 g/mol. The molecule has 1 N–H and O–H groups in total. The Morgan fingerprint density at radius 3 is 2.09 bits per heavy atom. The zero-order valence-corrected chi connectivity index (χ0v) is 34.7. The number of benzene rings is 8. The van der Waals surface area contributed by atoms with Gasteiger partial charge < -0.3 is 10.2 Å². The number of nitrogens with zero attached hydrogens (tertiary/aromatic N) is 1. The lowest BCUT2D eigenvalue weighted by molar-refractivity contribution is 0.590. The van der Waals surface area contributed by atoms with Crippen molar-refractivity contribution < 1.29 is 0 Å². The molecule has 0 bridgehead atoms. The highest BCUT2D eigenvalue weighted by Crippen LogP contribution is 2.51. The van der Waals surface area contributed by atoms with Crippen LogP contribution in [0.1, 0.15) is 62.4 Å². The Hall–Kier alpha value is -6.32. The predicted molar refractivity (Wildman–Crippen MR) is 251 cm³/mol. The van der Waals surface area contributed by atoms with Gasteiger partial charge in [0.15, 0.2) is 7.28 Å². The Kier molecular flexibility index (Phi) is 8.32. The Balaban J connectivity index is 1.21. The first-order valence-electron chi connectivity index (χ1n) is 20.7. The summed E-state index contributed by atoms with van der Waals surface area (Å²) in [6, 6.07) is 59.0. The van der Waals surface area contributed by atoms with Crippen molar-refractivity contribution in [1.82, 2.24) is 0 Å². The van der Waals surface area contributed by atoms with Crippen molar-refractivity contribution in [2.75, 3.05) is 10.2 Å². The summed E-state index contributed by atoms with van der Waals surface area (Å²) >= 11 is 0. The summed E-state index contributed by atoms with van der Waals surface area (Å²) in [6.07, 6.45) is 0. The van der Waals surface area contributed by atoms with Crippen LogP contribution in [0.15, 0.2) is 158 Å². The average Bonchev–Trinajstić information content (AvgIpc) is 3.44. The molecule has 0 fully saturated rings. The lowest BCUT2D eigenvalue weighted by atomic mass is 9.57. The van der Waals surface area contributed by atoms with Crippen molar-refractivity contribution in [3.63, 3.8) is 0 Å². The highest BCUT2D eigenvalue weighted by atomic mass is 15.2. The van der Waals surface area contributed by atoms with Crippen LogP contribution in [0.2, 0.25) is 0 Å². The molecule has 0 spiro atoms. The molecule has 0 saturated heterocycles. The summed E-state index contributed by atoms with van der Waals surface area (Å²) in [5, 5.41) is 6.38. The number of aryl methyl sites for hydroxylation is 2. The topological polar surface area (TPSA) is 15.3 Å². The summed E-state index contributed by atoms with van der Waals surface area (Å²) < 4.78 is 0. The third-order valence-corrected chi connectivity index (χ3v) is 12.8. The van der Waals surface area contributed by atoms with Crippen LogP contribution in [0.3, 0.4) is 0 Å². The maximum Gasteiger partial charge on any atom is 0.198 e. The van der Waals surface area contributed by atoms with E-state index in [9.17, 15) is 0 Å². The summed E-state index contributed by atoms with van der Waals surface area (Å²) in [5.41, 5.74) is 22.9. The van der Waals surface area contributed by atoms with E-state index in [1.807, 2.05) is 0 Å². The average molecular weight is 749 g/mol. The number of fused-ring (bicyclic) bond motifs is 6. The van der Waals surface area contributed by atoms with Crippen LogP contribution in [-0.2, 0) is 10.8 Å². The van der Waals surface area contributed by atoms with Gasteiger partial charge in [0, 0.05) is 39.4 Å². The van der Waals surface area contributed by atoms with Gasteiger partial charge in [-0.15, -0.1) is 0 Å². The Morgan fingerprint density at radius 2 is 1.31 bits per heavy atom. The minimum atomic E-state index is -0.106. The molecule has 0 saturated carbocycles. The molecule has 1 heterocycles. The van der Waals surface area contributed by atoms with Crippen molar-refractivity contribution in [3.8, 4) is 33.4 Å². The summed E-state index contributed by atoms with van der Waals surface area (Å²) in [5.74, 6) is 0. The molecule has 0 radical (unpaired) electrons. The van der Waals surface area contributed by atoms with E-state index in [0.717, 1.165) is 18.7 Å². The second-order valence-corrected chi connectivity index (χ2v) is 18.0. The van der Waals surface area contributed by atoms with E-state index in [4.69, 9.17) is 0 Å². The van der Waals surface area contributed by atoms with Crippen molar-refractivity contribution in [2.24, 2.45) is 0 Å². The van der Waals surface area contributed by atoms with Gasteiger partial charge in [-0.05, 0) is 134 Å². The van der Waals surface area contributed by atoms with Crippen LogP contribution in [0.4, 0.5) is 28.4 Å². The fourth-order valence-electron chi connectivity index (χ4n) is 9.71. The van der Waals surface area contributed by atoms with Gasteiger partial charge in [-0.3, -0.25) is 0 Å². The van der Waals surface area contributed by atoms with Gasteiger partial charge in [0.05, 0.1) is 0 Å². The SMILES string of the molecule is Cc1cc(-c2c(Nc3ccc(C(C)(C)C)cc3)ccc3ccccc23)c2c(c1)N(c1ccc(-c3ccccc3)cc1C)c1cc3c(cc1B2)-c1ccccc1C3(C)C. The Bertz CT molecular complexity index is 2910. The van der Waals surface area contributed by atoms with Gasteiger partial charge in [0.2, 0.25) is 0 Å². The Morgan fingerprint density at radius 1 is 0.569 bits per heavy atom. The third kappa shape index (κ3) is 5.87. The molecule has 58 heavy (non-hydrogen) atoms. The normalized spacial score (nSPS) is 13.7. The fourth-order valence-corrected chi connectivity index (χ4v) is 9.71. The van der Waals surface area contributed by atoms with Gasteiger partial charge in [0.25, 0.3) is 0 Å². The molecule has 0 aromatic heterocycles. The quantitative estimate of drug-likeness (QED) is 0.176. The van der Waals surface area contributed by atoms with E-state index in [-0.39, 0.29) is 10.8 Å². The van der Waals surface area contributed by atoms with Crippen molar-refractivity contribution >= 4 is 57.4 Å². The van der Waals surface area contributed by atoms with Crippen molar-refractivity contribution in [3.05, 3.63) is 186 Å². The van der Waals surface area contributed by atoms with Crippen LogP contribution in [-0.4, -0.2) is 7.28 Å². The highest BCUT2D eigenvalue weighted by Gasteiger charge is 2.38. The number of nitrogens with one attached hydrogen (secondary N) is 1. The number of anilines is 5. The monoisotopic (exact) mass is 748 g/mol. The third-order valence-electron chi connectivity index (χ3n) is 12.8. The van der Waals surface area contributed by atoms with Gasteiger partial charge in [-0.1, -0.05) is 155 Å². The van der Waals surface area contributed by atoms with Crippen LogP contribution in [0.25, 0.3) is 44.2 Å². The zero-order chi connectivity index (χ0) is 39.9. The van der Waals surface area contributed by atoms with E-state index >= 15 is 0 Å². The number of rotatable bonds is 5. The first-order valence-corrected chi connectivity index (χ1v) is 20.7. The minimum Gasteiger partial charge on any atom is -0.355 e. The summed E-state index contributed by atoms with van der Waals surface area (Å²) in [4.78, 5) is 2.58. The van der Waals surface area contributed by atoms with E-state index < -0.39 is 0 Å². The lowest BCUT2D eigenvalue weighted by Gasteiger charge is -2.37. The minimum absolute atomic E-state index is 0.0909. The first-order chi connectivity index (χ1) is 28.0. The second-order valence-electron chi connectivity index (χ2n) is 18.0. The molecule has 2 nitrogen and oxygen atoms in total. The Labute approximate surface area is 344 Å². The van der Waals surface area contributed by atoms with E-state index in [1.54, 1.807) is 0 Å². The molecule has 0 amide bonds. The molecule has 8 aromatic carbocycles. The van der Waals surface area contributed by atoms with Crippen LogP contribution in [0, 0.1) is 13.8 Å². The van der Waals surface area contributed by atoms with Gasteiger partial charge in [-0.25, -0.2) is 0 Å². The smallest absolute Gasteiger partial charge is 0.198 e. The van der Waals surface area contributed by atoms with Crippen LogP contribution in [0.5, 0.6) is 0 Å². The first kappa shape index (κ1) is 36.1. The van der Waals surface area contributed by atoms with Crippen LogP contribution >= 0.6 is 0 Å². The van der Waals surface area contributed by atoms with Gasteiger partial charge >= 0.3 is 0 Å².